The Hall–Kier alpha value is -4.12. The first-order valence-electron chi connectivity index (χ1n) is 10.4. The minimum absolute atomic E-state index is 0.152. The molecule has 0 atom stereocenters. The molecule has 0 bridgehead atoms. The van der Waals surface area contributed by atoms with Crippen molar-refractivity contribution in [3.63, 3.8) is 0 Å². The fourth-order valence-electron chi connectivity index (χ4n) is 3.81. The predicted molar refractivity (Wildman–Crippen MR) is 126 cm³/mol. The van der Waals surface area contributed by atoms with Crippen molar-refractivity contribution < 1.29 is 9.18 Å². The number of fused-ring (bicyclic) bond motifs is 1. The van der Waals surface area contributed by atoms with E-state index >= 15 is 0 Å². The molecule has 32 heavy (non-hydrogen) atoms. The largest absolute Gasteiger partial charge is 0.324 e. The Morgan fingerprint density at radius 2 is 1.66 bits per heavy atom. The number of aromatic nitrogens is 1. The molecule has 3 aromatic carbocycles. The van der Waals surface area contributed by atoms with E-state index in [0.717, 1.165) is 22.4 Å². The number of anilines is 1. The average molecular weight is 421 g/mol. The van der Waals surface area contributed by atoms with E-state index in [-0.39, 0.29) is 18.1 Å². The molecule has 156 valence electrons. The van der Waals surface area contributed by atoms with Crippen LogP contribution in [0.1, 0.15) is 17.7 Å². The fraction of sp³-hybridized carbons (Fsp3) is 0.0741. The lowest BCUT2D eigenvalue weighted by Gasteiger charge is -2.09. The van der Waals surface area contributed by atoms with Gasteiger partial charge in [0.05, 0.1) is 23.5 Å². The van der Waals surface area contributed by atoms with Gasteiger partial charge in [-0.15, -0.1) is 0 Å². The van der Waals surface area contributed by atoms with Crippen LogP contribution in [0, 0.1) is 12.7 Å². The zero-order chi connectivity index (χ0) is 22.1. The predicted octanol–water partition coefficient (Wildman–Crippen LogP) is 6.33. The van der Waals surface area contributed by atoms with Crippen molar-refractivity contribution in [2.24, 2.45) is 4.99 Å². The number of carbonyl (C=O) groups is 1. The molecule has 4 nitrogen and oxygen atoms in total. The summed E-state index contributed by atoms with van der Waals surface area (Å²) < 4.78 is 14.2. The zero-order valence-corrected chi connectivity index (χ0v) is 17.5. The van der Waals surface area contributed by atoms with Gasteiger partial charge in [0, 0.05) is 23.0 Å². The van der Waals surface area contributed by atoms with Gasteiger partial charge in [-0.3, -0.25) is 14.8 Å². The molecule has 1 aliphatic heterocycles. The van der Waals surface area contributed by atoms with Crippen LogP contribution in [0.5, 0.6) is 0 Å². The molecule has 0 radical (unpaired) electrons. The second-order valence-electron chi connectivity index (χ2n) is 7.76. The topological polar surface area (TPSA) is 54.4 Å². The molecule has 0 aliphatic carbocycles. The van der Waals surface area contributed by atoms with Gasteiger partial charge in [0.25, 0.3) is 0 Å². The summed E-state index contributed by atoms with van der Waals surface area (Å²) in [6.45, 7) is 1.95. The molecule has 0 spiro atoms. The molecule has 5 rings (SSSR count). The van der Waals surface area contributed by atoms with E-state index in [1.807, 2.05) is 61.7 Å². The summed E-state index contributed by atoms with van der Waals surface area (Å²) in [7, 11) is 0. The highest BCUT2D eigenvalue weighted by Crippen LogP contribution is 2.34. The van der Waals surface area contributed by atoms with Crippen molar-refractivity contribution in [1.82, 2.24) is 4.98 Å². The lowest BCUT2D eigenvalue weighted by Crippen LogP contribution is -2.15. The van der Waals surface area contributed by atoms with Gasteiger partial charge in [0.2, 0.25) is 5.91 Å². The second-order valence-corrected chi connectivity index (χ2v) is 7.76. The maximum absolute atomic E-state index is 14.2. The van der Waals surface area contributed by atoms with E-state index < -0.39 is 0 Å². The summed E-state index contributed by atoms with van der Waals surface area (Å²) in [5, 5.41) is 2.92. The van der Waals surface area contributed by atoms with Gasteiger partial charge in [0.1, 0.15) is 5.82 Å². The van der Waals surface area contributed by atoms with E-state index in [2.05, 4.69) is 10.3 Å². The summed E-state index contributed by atoms with van der Waals surface area (Å²) in [5.41, 5.74) is 6.93. The Balaban J connectivity index is 1.54. The Bertz CT molecular complexity index is 1360. The summed E-state index contributed by atoms with van der Waals surface area (Å²) in [5.74, 6) is -0.463. The number of nitrogens with zero attached hydrogens (tertiary/aromatic N) is 2. The normalized spacial score (nSPS) is 13.1. The molecule has 2 heterocycles. The number of amides is 1. The Labute approximate surface area is 185 Å². The maximum Gasteiger partial charge on any atom is 0.230 e. The van der Waals surface area contributed by atoms with Crippen LogP contribution in [0.25, 0.3) is 22.3 Å². The molecular formula is C27H20FN3O. The first-order valence-corrected chi connectivity index (χ1v) is 10.4. The molecule has 0 unspecified atom stereocenters. The Morgan fingerprint density at radius 3 is 2.47 bits per heavy atom. The number of halogens is 1. The van der Waals surface area contributed by atoms with Crippen LogP contribution >= 0.6 is 0 Å². The number of hydrogen-bond donors (Lipinski definition) is 1. The highest BCUT2D eigenvalue weighted by atomic mass is 19.1. The number of hydrogen-bond acceptors (Lipinski definition) is 3. The molecule has 1 aliphatic rings. The van der Waals surface area contributed by atoms with Gasteiger partial charge in [-0.1, -0.05) is 48.5 Å². The number of carbonyl (C=O) groups excluding carboxylic acids is 1. The molecule has 0 saturated carbocycles. The molecule has 5 heteroatoms. The molecule has 0 fully saturated rings. The summed E-state index contributed by atoms with van der Waals surface area (Å²) in [4.78, 5) is 21.8. The van der Waals surface area contributed by atoms with Crippen LogP contribution in [0.4, 0.5) is 15.8 Å². The van der Waals surface area contributed by atoms with E-state index in [9.17, 15) is 9.18 Å². The molecule has 1 aromatic heterocycles. The smallest absolute Gasteiger partial charge is 0.230 e. The van der Waals surface area contributed by atoms with Crippen molar-refractivity contribution in [2.45, 2.75) is 13.3 Å². The molecule has 1 N–H and O–H groups in total. The number of aliphatic imine (C=N–C) groups is 1. The SMILES string of the molecule is Cc1ccc(-c2cccc(C3=Nc4ccc(-c5ccccc5F)cc4NC(=O)C3)c2)cn1. The number of pyridine rings is 1. The molecule has 1 amide bonds. The molecular weight excluding hydrogens is 401 g/mol. The lowest BCUT2D eigenvalue weighted by molar-refractivity contribution is -0.115. The van der Waals surface area contributed by atoms with Gasteiger partial charge in [-0.2, -0.15) is 0 Å². The van der Waals surface area contributed by atoms with Gasteiger partial charge < -0.3 is 5.32 Å². The average Bonchev–Trinajstić information content (AvgIpc) is 2.97. The van der Waals surface area contributed by atoms with Crippen LogP contribution in [0.2, 0.25) is 0 Å². The summed E-state index contributed by atoms with van der Waals surface area (Å²) >= 11 is 0. The molecule has 0 saturated heterocycles. The highest BCUT2D eigenvalue weighted by Gasteiger charge is 2.19. The number of aryl methyl sites for hydroxylation is 1. The van der Waals surface area contributed by atoms with Crippen LogP contribution in [0.3, 0.4) is 0 Å². The van der Waals surface area contributed by atoms with Gasteiger partial charge in [-0.25, -0.2) is 4.39 Å². The minimum Gasteiger partial charge on any atom is -0.324 e. The quantitative estimate of drug-likeness (QED) is 0.420. The van der Waals surface area contributed by atoms with E-state index in [1.54, 1.807) is 24.3 Å². The number of nitrogens with one attached hydrogen (secondary N) is 1. The van der Waals surface area contributed by atoms with E-state index in [1.165, 1.54) is 6.07 Å². The van der Waals surface area contributed by atoms with E-state index in [4.69, 9.17) is 4.99 Å². The van der Waals surface area contributed by atoms with Gasteiger partial charge in [-0.05, 0) is 53.9 Å². The van der Waals surface area contributed by atoms with Crippen LogP contribution in [0.15, 0.2) is 90.1 Å². The van der Waals surface area contributed by atoms with Gasteiger partial charge >= 0.3 is 0 Å². The third kappa shape index (κ3) is 3.93. The van der Waals surface area contributed by atoms with Crippen molar-refractivity contribution >= 4 is 23.0 Å². The maximum atomic E-state index is 14.2. The second kappa shape index (κ2) is 8.19. The van der Waals surface area contributed by atoms with Gasteiger partial charge in [0.15, 0.2) is 0 Å². The summed E-state index contributed by atoms with van der Waals surface area (Å²) in [6, 6.07) is 23.9. The standard InChI is InChI=1S/C27H20FN3O/c1-17-9-10-21(16-29-17)18-5-4-6-20(13-18)25-15-27(32)31-26-14-19(11-12-24(26)30-25)22-7-2-3-8-23(22)28/h2-14,16H,15H2,1H3,(H,31,32). The highest BCUT2D eigenvalue weighted by molar-refractivity contribution is 6.17. The van der Waals surface area contributed by atoms with Crippen LogP contribution < -0.4 is 5.32 Å². The Morgan fingerprint density at radius 1 is 0.844 bits per heavy atom. The third-order valence-electron chi connectivity index (χ3n) is 5.48. The van der Waals surface area contributed by atoms with Crippen molar-refractivity contribution in [1.29, 1.82) is 0 Å². The summed E-state index contributed by atoms with van der Waals surface area (Å²) in [6.07, 6.45) is 1.99. The number of benzene rings is 3. The first-order chi connectivity index (χ1) is 15.6. The van der Waals surface area contributed by atoms with Crippen molar-refractivity contribution in [2.75, 3.05) is 5.32 Å². The number of rotatable bonds is 3. The van der Waals surface area contributed by atoms with Crippen LogP contribution in [-0.4, -0.2) is 16.6 Å². The monoisotopic (exact) mass is 421 g/mol. The van der Waals surface area contributed by atoms with Crippen LogP contribution in [-0.2, 0) is 4.79 Å². The van der Waals surface area contributed by atoms with Crippen molar-refractivity contribution in [3.8, 4) is 22.3 Å². The Kier molecular flexibility index (Phi) is 5.07. The first kappa shape index (κ1) is 19.8. The zero-order valence-electron chi connectivity index (χ0n) is 17.5. The van der Waals surface area contributed by atoms with Crippen molar-refractivity contribution in [3.05, 3.63) is 102 Å². The molecule has 4 aromatic rings. The lowest BCUT2D eigenvalue weighted by atomic mass is 10.0. The fourth-order valence-corrected chi connectivity index (χ4v) is 3.81. The minimum atomic E-state index is -0.306. The van der Waals surface area contributed by atoms with E-state index in [0.29, 0.717) is 28.2 Å². The third-order valence-corrected chi connectivity index (χ3v) is 5.48.